The van der Waals surface area contributed by atoms with Gasteiger partial charge in [-0.1, -0.05) is 30.3 Å². The molecule has 1 N–H and O–H groups in total. The van der Waals surface area contributed by atoms with Crippen molar-refractivity contribution in [2.24, 2.45) is 0 Å². The second-order valence-corrected chi connectivity index (χ2v) is 5.79. The Morgan fingerprint density at radius 3 is 2.73 bits per heavy atom. The summed E-state index contributed by atoms with van der Waals surface area (Å²) in [5, 5.41) is 2.87. The van der Waals surface area contributed by atoms with E-state index in [2.05, 4.69) is 15.3 Å². The zero-order chi connectivity index (χ0) is 17.9. The first kappa shape index (κ1) is 16.0. The Kier molecular flexibility index (Phi) is 4.15. The molecule has 0 aliphatic carbocycles. The van der Waals surface area contributed by atoms with Crippen LogP contribution >= 0.6 is 0 Å². The van der Waals surface area contributed by atoms with Gasteiger partial charge in [0, 0.05) is 12.7 Å². The van der Waals surface area contributed by atoms with Crippen LogP contribution in [0.5, 0.6) is 0 Å². The van der Waals surface area contributed by atoms with E-state index in [1.54, 1.807) is 23.2 Å². The van der Waals surface area contributed by atoms with Crippen molar-refractivity contribution in [1.29, 1.82) is 0 Å². The van der Waals surface area contributed by atoms with E-state index in [0.717, 1.165) is 5.56 Å². The van der Waals surface area contributed by atoms with Crippen LogP contribution in [0.25, 0.3) is 16.9 Å². The minimum absolute atomic E-state index is 0.290. The predicted molar refractivity (Wildman–Crippen MR) is 96.4 cm³/mol. The Balaban J connectivity index is 1.70. The van der Waals surface area contributed by atoms with Crippen LogP contribution < -0.4 is 5.32 Å². The lowest BCUT2D eigenvalue weighted by atomic mass is 10.1. The highest BCUT2D eigenvalue weighted by molar-refractivity contribution is 5.98. The lowest BCUT2D eigenvalue weighted by molar-refractivity contribution is 0.0951. The number of rotatable bonds is 4. The molecule has 0 saturated carbocycles. The van der Waals surface area contributed by atoms with Gasteiger partial charge in [-0.3, -0.25) is 9.36 Å². The number of fused-ring (bicyclic) bond motifs is 1. The summed E-state index contributed by atoms with van der Waals surface area (Å²) in [4.78, 5) is 21.2. The molecule has 2 heterocycles. The predicted octanol–water partition coefficient (Wildman–Crippen LogP) is 3.49. The van der Waals surface area contributed by atoms with E-state index < -0.39 is 5.82 Å². The van der Waals surface area contributed by atoms with Crippen LogP contribution in [0.3, 0.4) is 0 Å². The first-order chi connectivity index (χ1) is 12.7. The molecule has 4 rings (SSSR count). The van der Waals surface area contributed by atoms with E-state index in [9.17, 15) is 9.18 Å². The van der Waals surface area contributed by atoms with Crippen molar-refractivity contribution >= 4 is 17.1 Å². The Morgan fingerprint density at radius 1 is 1.04 bits per heavy atom. The second kappa shape index (κ2) is 6.76. The van der Waals surface area contributed by atoms with Gasteiger partial charge in [0.2, 0.25) is 0 Å². The van der Waals surface area contributed by atoms with Gasteiger partial charge in [0.25, 0.3) is 5.91 Å². The van der Waals surface area contributed by atoms with Gasteiger partial charge in [0.05, 0.1) is 11.3 Å². The molecule has 1 amide bonds. The molecule has 26 heavy (non-hydrogen) atoms. The maximum absolute atomic E-state index is 13.9. The highest BCUT2D eigenvalue weighted by atomic mass is 19.1. The van der Waals surface area contributed by atoms with Crippen LogP contribution in [-0.4, -0.2) is 20.4 Å². The molecule has 0 spiro atoms. The molecule has 0 fully saturated rings. The fourth-order valence-corrected chi connectivity index (χ4v) is 2.80. The number of nitrogens with one attached hydrogen (secondary N) is 1. The number of hydrogen-bond acceptors (Lipinski definition) is 3. The summed E-state index contributed by atoms with van der Waals surface area (Å²) in [6.45, 7) is 0.388. The molecule has 0 atom stereocenters. The van der Waals surface area contributed by atoms with Crippen LogP contribution in [0.1, 0.15) is 15.9 Å². The molecule has 0 unspecified atom stereocenters. The lowest BCUT2D eigenvalue weighted by Gasteiger charge is -2.12. The number of halogens is 1. The van der Waals surface area contributed by atoms with Crippen LogP contribution in [0.2, 0.25) is 0 Å². The van der Waals surface area contributed by atoms with Crippen molar-refractivity contribution < 1.29 is 9.18 Å². The quantitative estimate of drug-likeness (QED) is 0.615. The SMILES string of the molecule is O=C(NCc1ccccc1)c1ccc(F)cc1-n1cnc2cccnc21. The smallest absolute Gasteiger partial charge is 0.253 e. The Labute approximate surface area is 149 Å². The van der Waals surface area contributed by atoms with E-state index in [0.29, 0.717) is 29.0 Å². The molecular weight excluding hydrogens is 331 g/mol. The van der Waals surface area contributed by atoms with E-state index in [-0.39, 0.29) is 5.91 Å². The third-order valence-electron chi connectivity index (χ3n) is 4.07. The number of aromatic nitrogens is 3. The summed E-state index contributed by atoms with van der Waals surface area (Å²) in [5.41, 5.74) is 2.98. The monoisotopic (exact) mass is 346 g/mol. The zero-order valence-corrected chi connectivity index (χ0v) is 13.8. The maximum Gasteiger partial charge on any atom is 0.253 e. The minimum atomic E-state index is -0.433. The number of amides is 1. The van der Waals surface area contributed by atoms with E-state index in [1.165, 1.54) is 18.2 Å². The Hall–Kier alpha value is -3.54. The van der Waals surface area contributed by atoms with E-state index in [1.807, 2.05) is 36.4 Å². The highest BCUT2D eigenvalue weighted by Gasteiger charge is 2.16. The van der Waals surface area contributed by atoms with Crippen molar-refractivity contribution in [3.05, 3.63) is 90.1 Å². The average molecular weight is 346 g/mol. The number of pyridine rings is 1. The van der Waals surface area contributed by atoms with Gasteiger partial charge in [-0.2, -0.15) is 0 Å². The Morgan fingerprint density at radius 2 is 1.88 bits per heavy atom. The molecule has 128 valence electrons. The normalized spacial score (nSPS) is 10.8. The van der Waals surface area contributed by atoms with Gasteiger partial charge in [-0.15, -0.1) is 0 Å². The van der Waals surface area contributed by atoms with Crippen LogP contribution in [0.4, 0.5) is 4.39 Å². The summed E-state index contributed by atoms with van der Waals surface area (Å²) >= 11 is 0. The first-order valence-corrected chi connectivity index (χ1v) is 8.12. The van der Waals surface area contributed by atoms with Crippen LogP contribution in [0.15, 0.2) is 73.2 Å². The van der Waals surface area contributed by atoms with E-state index in [4.69, 9.17) is 0 Å². The standard InChI is InChI=1S/C20H15FN4O/c21-15-8-9-16(20(26)23-12-14-5-2-1-3-6-14)18(11-15)25-13-24-17-7-4-10-22-19(17)25/h1-11,13H,12H2,(H,23,26). The number of imidazole rings is 1. The Bertz CT molecular complexity index is 1080. The molecule has 2 aromatic carbocycles. The third kappa shape index (κ3) is 3.04. The molecular formula is C20H15FN4O. The fourth-order valence-electron chi connectivity index (χ4n) is 2.80. The van der Waals surface area contributed by atoms with Gasteiger partial charge in [-0.25, -0.2) is 14.4 Å². The maximum atomic E-state index is 13.9. The fraction of sp³-hybridized carbons (Fsp3) is 0.0500. The van der Waals surface area contributed by atoms with Gasteiger partial charge in [-0.05, 0) is 35.9 Å². The van der Waals surface area contributed by atoms with Crippen LogP contribution in [-0.2, 0) is 6.54 Å². The van der Waals surface area contributed by atoms with Gasteiger partial charge < -0.3 is 5.32 Å². The number of hydrogen-bond donors (Lipinski definition) is 1. The molecule has 0 saturated heterocycles. The van der Waals surface area contributed by atoms with Gasteiger partial charge in [0.15, 0.2) is 5.65 Å². The van der Waals surface area contributed by atoms with Crippen molar-refractivity contribution in [2.45, 2.75) is 6.54 Å². The van der Waals surface area contributed by atoms with Crippen molar-refractivity contribution in [1.82, 2.24) is 19.9 Å². The molecule has 0 aliphatic heterocycles. The van der Waals surface area contributed by atoms with Gasteiger partial charge >= 0.3 is 0 Å². The van der Waals surface area contributed by atoms with Crippen molar-refractivity contribution in [3.8, 4) is 5.69 Å². The highest BCUT2D eigenvalue weighted by Crippen LogP contribution is 2.21. The minimum Gasteiger partial charge on any atom is -0.348 e. The first-order valence-electron chi connectivity index (χ1n) is 8.12. The summed E-state index contributed by atoms with van der Waals surface area (Å²) in [7, 11) is 0. The number of nitrogens with zero attached hydrogens (tertiary/aromatic N) is 3. The van der Waals surface area contributed by atoms with Crippen molar-refractivity contribution in [2.75, 3.05) is 0 Å². The molecule has 0 bridgehead atoms. The van der Waals surface area contributed by atoms with Crippen molar-refractivity contribution in [3.63, 3.8) is 0 Å². The summed E-state index contributed by atoms with van der Waals surface area (Å²) < 4.78 is 15.5. The summed E-state index contributed by atoms with van der Waals surface area (Å²) in [6, 6.07) is 17.2. The average Bonchev–Trinajstić information content (AvgIpc) is 3.11. The lowest BCUT2D eigenvalue weighted by Crippen LogP contribution is -2.24. The zero-order valence-electron chi connectivity index (χ0n) is 13.8. The molecule has 6 heteroatoms. The topological polar surface area (TPSA) is 59.8 Å². The number of carbonyl (C=O) groups is 1. The summed E-state index contributed by atoms with van der Waals surface area (Å²) in [6.07, 6.45) is 3.18. The van der Waals surface area contributed by atoms with Gasteiger partial charge in [0.1, 0.15) is 17.7 Å². The number of benzene rings is 2. The molecule has 2 aromatic heterocycles. The molecule has 0 aliphatic rings. The molecule has 5 nitrogen and oxygen atoms in total. The largest absolute Gasteiger partial charge is 0.348 e. The number of carbonyl (C=O) groups excluding carboxylic acids is 1. The summed E-state index contributed by atoms with van der Waals surface area (Å²) in [5.74, 6) is -0.723. The molecule has 0 radical (unpaired) electrons. The second-order valence-electron chi connectivity index (χ2n) is 5.79. The third-order valence-corrected chi connectivity index (χ3v) is 4.07. The van der Waals surface area contributed by atoms with E-state index >= 15 is 0 Å². The molecule has 4 aromatic rings. The van der Waals surface area contributed by atoms with Crippen LogP contribution in [0, 0.1) is 5.82 Å².